The van der Waals surface area contributed by atoms with Gasteiger partial charge in [0.05, 0.1) is 5.69 Å². The summed E-state index contributed by atoms with van der Waals surface area (Å²) in [7, 11) is 0. The molecule has 2 aliphatic carbocycles. The van der Waals surface area contributed by atoms with E-state index in [1.54, 1.807) is 0 Å². The Balaban J connectivity index is 1.24. The van der Waals surface area contributed by atoms with Crippen molar-refractivity contribution in [2.24, 2.45) is 0 Å². The molecule has 0 N–H and O–H groups in total. The Labute approximate surface area is 338 Å². The van der Waals surface area contributed by atoms with Gasteiger partial charge < -0.3 is 4.90 Å². The maximum atomic E-state index is 2.52. The molecule has 10 rings (SSSR count). The number of fused-ring (bicyclic) bond motifs is 7. The van der Waals surface area contributed by atoms with Crippen LogP contribution in [0.4, 0.5) is 17.1 Å². The molecule has 0 atom stereocenters. The van der Waals surface area contributed by atoms with Gasteiger partial charge in [0, 0.05) is 27.8 Å². The summed E-state index contributed by atoms with van der Waals surface area (Å²) >= 11 is 0. The fourth-order valence-electron chi connectivity index (χ4n) is 9.90. The molecular weight excluding hydrogens is 687 g/mol. The van der Waals surface area contributed by atoms with Crippen molar-refractivity contribution in [3.8, 4) is 44.5 Å². The third-order valence-electron chi connectivity index (χ3n) is 13.0. The summed E-state index contributed by atoms with van der Waals surface area (Å²) in [5.74, 6) is 0. The highest BCUT2D eigenvalue weighted by Crippen LogP contribution is 2.56. The van der Waals surface area contributed by atoms with Crippen molar-refractivity contribution in [1.29, 1.82) is 0 Å². The van der Waals surface area contributed by atoms with Crippen LogP contribution in [0.2, 0.25) is 0 Å². The van der Waals surface area contributed by atoms with Crippen LogP contribution >= 0.6 is 0 Å². The van der Waals surface area contributed by atoms with Gasteiger partial charge in [-0.3, -0.25) is 0 Å². The SMILES string of the molecule is CC(C)(C)c1ccc2c(c1)-c1ccc(N(c3ccc(-c4ccccc4)cc3)c3ccc4ccccc4c3-c3cccc4c3-c3ccccc3C4(C)C)cc1C2(C)C. The zero-order chi connectivity index (χ0) is 39.3. The topological polar surface area (TPSA) is 3.24 Å². The summed E-state index contributed by atoms with van der Waals surface area (Å²) in [4.78, 5) is 2.52. The normalized spacial score (nSPS) is 14.5. The highest BCUT2D eigenvalue weighted by atomic mass is 15.1. The number of nitrogens with zero attached hydrogens (tertiary/aromatic N) is 1. The first-order valence-corrected chi connectivity index (χ1v) is 20.4. The molecule has 0 fully saturated rings. The lowest BCUT2D eigenvalue weighted by atomic mass is 9.80. The molecule has 0 amide bonds. The van der Waals surface area contributed by atoms with Crippen molar-refractivity contribution in [3.63, 3.8) is 0 Å². The molecule has 0 aliphatic heterocycles. The van der Waals surface area contributed by atoms with Crippen molar-refractivity contribution >= 4 is 27.8 Å². The Morgan fingerprint density at radius 2 is 1.04 bits per heavy atom. The van der Waals surface area contributed by atoms with Crippen LogP contribution < -0.4 is 4.90 Å². The first kappa shape index (κ1) is 35.2. The zero-order valence-corrected chi connectivity index (χ0v) is 34.1. The highest BCUT2D eigenvalue weighted by Gasteiger charge is 2.39. The van der Waals surface area contributed by atoms with E-state index in [1.165, 1.54) is 88.8 Å². The average molecular weight is 736 g/mol. The molecular formula is C56H49N. The van der Waals surface area contributed by atoms with E-state index in [2.05, 4.69) is 223 Å². The summed E-state index contributed by atoms with van der Waals surface area (Å²) in [6.45, 7) is 16.5. The van der Waals surface area contributed by atoms with E-state index < -0.39 is 0 Å². The molecule has 0 saturated heterocycles. The number of anilines is 3. The number of hydrogen-bond acceptors (Lipinski definition) is 1. The van der Waals surface area contributed by atoms with Crippen LogP contribution in [0.25, 0.3) is 55.3 Å². The molecule has 2 aliphatic rings. The second kappa shape index (κ2) is 12.7. The van der Waals surface area contributed by atoms with Crippen molar-refractivity contribution < 1.29 is 0 Å². The van der Waals surface area contributed by atoms with E-state index in [-0.39, 0.29) is 16.2 Å². The first-order chi connectivity index (χ1) is 27.4. The smallest absolute Gasteiger partial charge is 0.0546 e. The summed E-state index contributed by atoms with van der Waals surface area (Å²) < 4.78 is 0. The Bertz CT molecular complexity index is 2870. The monoisotopic (exact) mass is 735 g/mol. The van der Waals surface area contributed by atoms with Crippen LogP contribution in [0.3, 0.4) is 0 Å². The Hall–Kier alpha value is -6.18. The molecule has 0 spiro atoms. The van der Waals surface area contributed by atoms with Crippen LogP contribution in [0.5, 0.6) is 0 Å². The quantitative estimate of drug-likeness (QED) is 0.170. The molecule has 0 radical (unpaired) electrons. The van der Waals surface area contributed by atoms with Crippen LogP contribution in [0.1, 0.15) is 76.3 Å². The van der Waals surface area contributed by atoms with Gasteiger partial charge in [-0.15, -0.1) is 0 Å². The molecule has 1 nitrogen and oxygen atoms in total. The predicted molar refractivity (Wildman–Crippen MR) is 243 cm³/mol. The van der Waals surface area contributed by atoms with Gasteiger partial charge >= 0.3 is 0 Å². The summed E-state index contributed by atoms with van der Waals surface area (Å²) in [5.41, 5.74) is 20.5. The van der Waals surface area contributed by atoms with E-state index in [0.29, 0.717) is 0 Å². The Morgan fingerprint density at radius 1 is 0.404 bits per heavy atom. The lowest BCUT2D eigenvalue weighted by molar-refractivity contribution is 0.589. The molecule has 0 heterocycles. The lowest BCUT2D eigenvalue weighted by Gasteiger charge is -2.31. The van der Waals surface area contributed by atoms with Crippen LogP contribution in [0.15, 0.2) is 170 Å². The van der Waals surface area contributed by atoms with Gasteiger partial charge in [0.2, 0.25) is 0 Å². The molecule has 0 unspecified atom stereocenters. The highest BCUT2D eigenvalue weighted by molar-refractivity contribution is 6.09. The van der Waals surface area contributed by atoms with Crippen LogP contribution in [-0.4, -0.2) is 0 Å². The average Bonchev–Trinajstić information content (AvgIpc) is 3.60. The summed E-state index contributed by atoms with van der Waals surface area (Å²) in [6.07, 6.45) is 0. The second-order valence-electron chi connectivity index (χ2n) is 18.2. The van der Waals surface area contributed by atoms with Gasteiger partial charge in [0.1, 0.15) is 0 Å². The van der Waals surface area contributed by atoms with Crippen LogP contribution in [-0.2, 0) is 16.2 Å². The van der Waals surface area contributed by atoms with Gasteiger partial charge in [0.25, 0.3) is 0 Å². The maximum absolute atomic E-state index is 2.52. The van der Waals surface area contributed by atoms with Crippen molar-refractivity contribution in [1.82, 2.24) is 0 Å². The standard InChI is InChI=1S/C56H49N/c1-54(2,3)39-27-32-48-46(34-39)43-31-30-41(35-50(43)56(48,6)7)57(40-28-24-37(25-29-40)36-16-9-8-10-17-36)51-33-26-38-18-11-12-19-42(38)53(51)45-21-15-23-49-52(45)44-20-13-14-22-47(44)55(49,4)5/h8-35H,1-7H3. The van der Waals surface area contributed by atoms with E-state index >= 15 is 0 Å². The largest absolute Gasteiger partial charge is 0.310 e. The van der Waals surface area contributed by atoms with E-state index in [9.17, 15) is 0 Å². The van der Waals surface area contributed by atoms with E-state index in [4.69, 9.17) is 0 Å². The Kier molecular flexibility index (Phi) is 7.83. The summed E-state index contributed by atoms with van der Waals surface area (Å²) in [5, 5.41) is 2.49. The second-order valence-corrected chi connectivity index (χ2v) is 18.2. The van der Waals surface area contributed by atoms with E-state index in [0.717, 1.165) is 11.4 Å². The van der Waals surface area contributed by atoms with Gasteiger partial charge in [0.15, 0.2) is 0 Å². The molecule has 1 heteroatoms. The molecule has 57 heavy (non-hydrogen) atoms. The lowest BCUT2D eigenvalue weighted by Crippen LogP contribution is -2.17. The molecule has 0 aromatic heterocycles. The fourth-order valence-corrected chi connectivity index (χ4v) is 9.90. The van der Waals surface area contributed by atoms with Crippen LogP contribution in [0, 0.1) is 0 Å². The van der Waals surface area contributed by atoms with Gasteiger partial charge in [-0.1, -0.05) is 188 Å². The van der Waals surface area contributed by atoms with Crippen molar-refractivity contribution in [2.45, 2.75) is 64.7 Å². The maximum Gasteiger partial charge on any atom is 0.0546 e. The molecule has 8 aromatic rings. The molecule has 0 bridgehead atoms. The minimum Gasteiger partial charge on any atom is -0.310 e. The first-order valence-electron chi connectivity index (χ1n) is 20.4. The van der Waals surface area contributed by atoms with Gasteiger partial charge in [-0.2, -0.15) is 0 Å². The number of hydrogen-bond donors (Lipinski definition) is 0. The fraction of sp³-hybridized carbons (Fsp3) is 0.179. The van der Waals surface area contributed by atoms with Crippen molar-refractivity contribution in [3.05, 3.63) is 198 Å². The number of rotatable bonds is 5. The van der Waals surface area contributed by atoms with Crippen molar-refractivity contribution in [2.75, 3.05) is 4.90 Å². The molecule has 278 valence electrons. The Morgan fingerprint density at radius 3 is 1.82 bits per heavy atom. The molecule has 8 aromatic carbocycles. The van der Waals surface area contributed by atoms with Gasteiger partial charge in [-0.25, -0.2) is 0 Å². The molecule has 0 saturated carbocycles. The third-order valence-corrected chi connectivity index (χ3v) is 13.0. The number of benzene rings is 8. The third kappa shape index (κ3) is 5.43. The summed E-state index contributed by atoms with van der Waals surface area (Å²) in [6, 6.07) is 63.8. The predicted octanol–water partition coefficient (Wildman–Crippen LogP) is 15.6. The minimum absolute atomic E-state index is 0.0738. The van der Waals surface area contributed by atoms with Gasteiger partial charge in [-0.05, 0) is 113 Å². The van der Waals surface area contributed by atoms with E-state index in [1.807, 2.05) is 0 Å². The minimum atomic E-state index is -0.151. The zero-order valence-electron chi connectivity index (χ0n) is 34.1.